The van der Waals surface area contributed by atoms with E-state index in [0.29, 0.717) is 15.1 Å². The van der Waals surface area contributed by atoms with Gasteiger partial charge in [-0.2, -0.15) is 0 Å². The average Bonchev–Trinajstić information content (AvgIpc) is 2.33. The Morgan fingerprint density at radius 1 is 0.842 bits per heavy atom. The molecule has 0 bridgehead atoms. The minimum absolute atomic E-state index is 0.133. The summed E-state index contributed by atoms with van der Waals surface area (Å²) in [5, 5.41) is 1.60. The molecule has 0 aromatic heterocycles. The minimum atomic E-state index is 0.133. The molecule has 0 fully saturated rings. The Morgan fingerprint density at radius 2 is 1.42 bits per heavy atom. The van der Waals surface area contributed by atoms with Crippen LogP contribution in [-0.4, -0.2) is 0 Å². The van der Waals surface area contributed by atoms with Gasteiger partial charge < -0.3 is 0 Å². The molecule has 0 nitrogen and oxygen atoms in total. The van der Waals surface area contributed by atoms with Crippen LogP contribution in [0.1, 0.15) is 26.3 Å². The zero-order chi connectivity index (χ0) is 14.2. The van der Waals surface area contributed by atoms with Gasteiger partial charge in [-0.15, -0.1) is 0 Å². The van der Waals surface area contributed by atoms with Crippen LogP contribution in [0.25, 0.3) is 11.1 Å². The van der Waals surface area contributed by atoms with E-state index in [4.69, 9.17) is 34.8 Å². The van der Waals surface area contributed by atoms with Crippen LogP contribution in [0.5, 0.6) is 0 Å². The summed E-state index contributed by atoms with van der Waals surface area (Å²) in [6, 6.07) is 11.8. The van der Waals surface area contributed by atoms with Crippen molar-refractivity contribution in [3.8, 4) is 11.1 Å². The summed E-state index contributed by atoms with van der Waals surface area (Å²) in [5.74, 6) is 0. The molecule has 0 saturated heterocycles. The van der Waals surface area contributed by atoms with Gasteiger partial charge in [-0.05, 0) is 28.7 Å². The molecule has 0 spiro atoms. The average molecular weight is 314 g/mol. The first-order chi connectivity index (χ1) is 8.79. The summed E-state index contributed by atoms with van der Waals surface area (Å²) in [4.78, 5) is 0. The molecule has 2 aromatic rings. The molecule has 0 radical (unpaired) electrons. The molecular formula is C16H15Cl3. The maximum atomic E-state index is 6.24. The molecule has 2 rings (SSSR count). The lowest BCUT2D eigenvalue weighted by atomic mass is 9.86. The van der Waals surface area contributed by atoms with Crippen LogP contribution in [0.15, 0.2) is 36.4 Å². The predicted octanol–water partition coefficient (Wildman–Crippen LogP) is 6.61. The second-order valence-corrected chi connectivity index (χ2v) is 6.80. The smallest absolute Gasteiger partial charge is 0.0671 e. The van der Waals surface area contributed by atoms with Crippen LogP contribution in [0.4, 0.5) is 0 Å². The van der Waals surface area contributed by atoms with Gasteiger partial charge >= 0.3 is 0 Å². The Kier molecular flexibility index (Phi) is 4.15. The zero-order valence-electron chi connectivity index (χ0n) is 11.1. The molecule has 2 aromatic carbocycles. The molecular weight excluding hydrogens is 299 g/mol. The highest BCUT2D eigenvalue weighted by molar-refractivity contribution is 6.45. The van der Waals surface area contributed by atoms with Crippen LogP contribution in [0, 0.1) is 0 Å². The first kappa shape index (κ1) is 14.7. The third kappa shape index (κ3) is 3.25. The Bertz CT molecular complexity index is 593. The lowest BCUT2D eigenvalue weighted by Crippen LogP contribution is -2.10. The molecule has 100 valence electrons. The van der Waals surface area contributed by atoms with Gasteiger partial charge in [0.25, 0.3) is 0 Å². The SMILES string of the molecule is CC(C)(C)c1ccc(-c2cc(Cl)cc(Cl)c2Cl)cc1. The second-order valence-electron chi connectivity index (χ2n) is 5.58. The molecule has 0 amide bonds. The molecule has 0 saturated carbocycles. The molecule has 19 heavy (non-hydrogen) atoms. The molecule has 0 unspecified atom stereocenters. The fourth-order valence-electron chi connectivity index (χ4n) is 1.92. The van der Waals surface area contributed by atoms with E-state index in [1.54, 1.807) is 6.07 Å². The van der Waals surface area contributed by atoms with E-state index >= 15 is 0 Å². The standard InChI is InChI=1S/C16H15Cl3/c1-16(2,3)11-6-4-10(5-7-11)13-8-12(17)9-14(18)15(13)19/h4-9H,1-3H3. The molecule has 0 aliphatic rings. The van der Waals surface area contributed by atoms with Crippen LogP contribution in [0.3, 0.4) is 0 Å². The van der Waals surface area contributed by atoms with Gasteiger partial charge in [0.2, 0.25) is 0 Å². The Hall–Kier alpha value is -0.690. The Balaban J connectivity index is 2.49. The molecule has 0 N–H and O–H groups in total. The van der Waals surface area contributed by atoms with Gasteiger partial charge in [0.15, 0.2) is 0 Å². The summed E-state index contributed by atoms with van der Waals surface area (Å²) >= 11 is 18.3. The van der Waals surface area contributed by atoms with Gasteiger partial charge in [0.1, 0.15) is 0 Å². The largest absolute Gasteiger partial charge is 0.0843 e. The fourth-order valence-corrected chi connectivity index (χ4v) is 2.63. The van der Waals surface area contributed by atoms with Gasteiger partial charge in [0.05, 0.1) is 10.0 Å². The summed E-state index contributed by atoms with van der Waals surface area (Å²) < 4.78 is 0. The van der Waals surface area contributed by atoms with E-state index in [1.165, 1.54) is 5.56 Å². The zero-order valence-corrected chi connectivity index (χ0v) is 13.4. The predicted molar refractivity (Wildman–Crippen MR) is 85.6 cm³/mol. The van der Waals surface area contributed by atoms with Crippen molar-refractivity contribution in [2.45, 2.75) is 26.2 Å². The highest BCUT2D eigenvalue weighted by atomic mass is 35.5. The van der Waals surface area contributed by atoms with Crippen LogP contribution in [0.2, 0.25) is 15.1 Å². The van der Waals surface area contributed by atoms with Crippen molar-refractivity contribution in [3.05, 3.63) is 57.0 Å². The number of rotatable bonds is 1. The normalized spacial score (nSPS) is 11.7. The summed E-state index contributed by atoms with van der Waals surface area (Å²) in [6.45, 7) is 6.56. The van der Waals surface area contributed by atoms with Crippen molar-refractivity contribution >= 4 is 34.8 Å². The third-order valence-electron chi connectivity index (χ3n) is 3.05. The first-order valence-electron chi connectivity index (χ1n) is 6.04. The highest BCUT2D eigenvalue weighted by Gasteiger charge is 2.14. The number of benzene rings is 2. The third-order valence-corrected chi connectivity index (χ3v) is 4.08. The van der Waals surface area contributed by atoms with Crippen molar-refractivity contribution in [1.29, 1.82) is 0 Å². The van der Waals surface area contributed by atoms with E-state index in [1.807, 2.05) is 6.07 Å². The van der Waals surface area contributed by atoms with Gasteiger partial charge in [-0.1, -0.05) is 79.8 Å². The maximum Gasteiger partial charge on any atom is 0.0671 e. The van der Waals surface area contributed by atoms with Crippen LogP contribution < -0.4 is 0 Å². The first-order valence-corrected chi connectivity index (χ1v) is 7.18. The van der Waals surface area contributed by atoms with Gasteiger partial charge in [-0.25, -0.2) is 0 Å². The number of halogens is 3. The molecule has 0 atom stereocenters. The summed E-state index contributed by atoms with van der Waals surface area (Å²) in [5.41, 5.74) is 3.29. The van der Waals surface area contributed by atoms with Crippen LogP contribution in [-0.2, 0) is 5.41 Å². The Labute approximate surface area is 129 Å². The van der Waals surface area contributed by atoms with E-state index in [2.05, 4.69) is 45.0 Å². The lowest BCUT2D eigenvalue weighted by molar-refractivity contribution is 0.590. The molecule has 0 aliphatic heterocycles. The van der Waals surface area contributed by atoms with Crippen molar-refractivity contribution in [1.82, 2.24) is 0 Å². The lowest BCUT2D eigenvalue weighted by Gasteiger charge is -2.19. The van der Waals surface area contributed by atoms with Gasteiger partial charge in [-0.3, -0.25) is 0 Å². The van der Waals surface area contributed by atoms with E-state index in [-0.39, 0.29) is 5.41 Å². The van der Waals surface area contributed by atoms with E-state index in [9.17, 15) is 0 Å². The highest BCUT2D eigenvalue weighted by Crippen LogP contribution is 2.37. The van der Waals surface area contributed by atoms with Crippen molar-refractivity contribution < 1.29 is 0 Å². The monoisotopic (exact) mass is 312 g/mol. The summed E-state index contributed by atoms with van der Waals surface area (Å²) in [6.07, 6.45) is 0. The minimum Gasteiger partial charge on any atom is -0.0843 e. The van der Waals surface area contributed by atoms with Crippen molar-refractivity contribution in [3.63, 3.8) is 0 Å². The maximum absolute atomic E-state index is 6.24. The molecule has 0 aliphatic carbocycles. The van der Waals surface area contributed by atoms with Crippen molar-refractivity contribution in [2.24, 2.45) is 0 Å². The van der Waals surface area contributed by atoms with Crippen molar-refractivity contribution in [2.75, 3.05) is 0 Å². The van der Waals surface area contributed by atoms with E-state index < -0.39 is 0 Å². The Morgan fingerprint density at radius 3 is 1.95 bits per heavy atom. The molecule has 0 heterocycles. The number of hydrogen-bond acceptors (Lipinski definition) is 0. The van der Waals surface area contributed by atoms with E-state index in [0.717, 1.165) is 11.1 Å². The second kappa shape index (κ2) is 5.36. The quantitative estimate of drug-likeness (QED) is 0.519. The number of hydrogen-bond donors (Lipinski definition) is 0. The van der Waals surface area contributed by atoms with Crippen LogP contribution >= 0.6 is 34.8 Å². The van der Waals surface area contributed by atoms with Gasteiger partial charge in [0, 0.05) is 10.6 Å². The fraction of sp³-hybridized carbons (Fsp3) is 0.250. The topological polar surface area (TPSA) is 0 Å². The molecule has 3 heteroatoms. The summed E-state index contributed by atoms with van der Waals surface area (Å²) in [7, 11) is 0.